The highest BCUT2D eigenvalue weighted by Crippen LogP contribution is 2.39. The molecule has 0 amide bonds. The number of benzene rings is 5. The fourth-order valence-corrected chi connectivity index (χ4v) is 6.67. The van der Waals surface area contributed by atoms with E-state index in [4.69, 9.17) is 19.1 Å². The number of aromatic nitrogens is 2. The molecule has 46 heavy (non-hydrogen) atoms. The molecule has 4 nitrogen and oxygen atoms in total. The van der Waals surface area contributed by atoms with E-state index in [0.29, 0.717) is 11.8 Å². The Hall–Kier alpha value is -5.48. The molecule has 8 aromatic rings. The monoisotopic (exact) mass is 598 g/mol. The standard InChI is InChI=1S/C42H34N2O2/c1-25(2)32-12-8-13-33(26(3)4)40(32)29-19-20-43-38(22-29)28-9-7-10-30(21-28)45-31-17-15-27-16-18-35-41(36(27)23-31)44-24-37-34-11-5-6-14-39(34)46-42(35)37/h5-26H,1-4H3. The molecule has 4 heteroatoms. The van der Waals surface area contributed by atoms with Crippen molar-refractivity contribution in [2.45, 2.75) is 39.5 Å². The van der Waals surface area contributed by atoms with Gasteiger partial charge in [-0.2, -0.15) is 0 Å². The fraction of sp³-hybridized carbons (Fsp3) is 0.143. The number of fused-ring (bicyclic) bond motifs is 7. The van der Waals surface area contributed by atoms with Crippen LogP contribution in [0.4, 0.5) is 0 Å². The van der Waals surface area contributed by atoms with Crippen LogP contribution < -0.4 is 4.74 Å². The van der Waals surface area contributed by atoms with Crippen LogP contribution in [0.3, 0.4) is 0 Å². The molecule has 0 N–H and O–H groups in total. The molecule has 0 aliphatic heterocycles. The highest BCUT2D eigenvalue weighted by molar-refractivity contribution is 6.18. The van der Waals surface area contributed by atoms with E-state index in [1.54, 1.807) is 0 Å². The summed E-state index contributed by atoms with van der Waals surface area (Å²) in [5.41, 5.74) is 9.78. The van der Waals surface area contributed by atoms with Gasteiger partial charge in [-0.25, -0.2) is 0 Å². The van der Waals surface area contributed by atoms with Gasteiger partial charge >= 0.3 is 0 Å². The molecule has 0 saturated heterocycles. The largest absolute Gasteiger partial charge is 0.457 e. The van der Waals surface area contributed by atoms with Crippen molar-refractivity contribution in [2.24, 2.45) is 0 Å². The van der Waals surface area contributed by atoms with Crippen molar-refractivity contribution in [1.29, 1.82) is 0 Å². The Morgan fingerprint density at radius 3 is 2.17 bits per heavy atom. The molecule has 0 aliphatic rings. The number of hydrogen-bond acceptors (Lipinski definition) is 4. The normalized spacial score (nSPS) is 11.9. The minimum absolute atomic E-state index is 0.418. The van der Waals surface area contributed by atoms with Crippen LogP contribution in [0.1, 0.15) is 50.7 Å². The van der Waals surface area contributed by atoms with E-state index in [1.807, 2.05) is 48.8 Å². The van der Waals surface area contributed by atoms with E-state index in [9.17, 15) is 0 Å². The van der Waals surface area contributed by atoms with Crippen molar-refractivity contribution < 1.29 is 9.15 Å². The molecule has 0 bridgehead atoms. The van der Waals surface area contributed by atoms with E-state index in [1.165, 1.54) is 22.3 Å². The van der Waals surface area contributed by atoms with Gasteiger partial charge in [0.15, 0.2) is 0 Å². The zero-order chi connectivity index (χ0) is 31.4. The fourth-order valence-electron chi connectivity index (χ4n) is 6.67. The second kappa shape index (κ2) is 11.1. The van der Waals surface area contributed by atoms with Gasteiger partial charge in [0.05, 0.1) is 11.2 Å². The summed E-state index contributed by atoms with van der Waals surface area (Å²) >= 11 is 0. The number of nitrogens with zero attached hydrogens (tertiary/aromatic N) is 2. The van der Waals surface area contributed by atoms with Crippen LogP contribution >= 0.6 is 0 Å². The summed E-state index contributed by atoms with van der Waals surface area (Å²) in [4.78, 5) is 9.68. The molecule has 0 radical (unpaired) electrons. The number of furan rings is 1. The average Bonchev–Trinajstić information content (AvgIpc) is 3.47. The summed E-state index contributed by atoms with van der Waals surface area (Å²) in [6.45, 7) is 9.04. The van der Waals surface area contributed by atoms with Gasteiger partial charge in [0.2, 0.25) is 0 Å². The molecule has 224 valence electrons. The predicted octanol–water partition coefficient (Wildman–Crippen LogP) is 12.1. The van der Waals surface area contributed by atoms with E-state index < -0.39 is 0 Å². The molecule has 0 unspecified atom stereocenters. The highest BCUT2D eigenvalue weighted by Gasteiger charge is 2.17. The quantitative estimate of drug-likeness (QED) is 0.179. The number of ether oxygens (including phenoxy) is 1. The van der Waals surface area contributed by atoms with Crippen LogP contribution in [-0.2, 0) is 0 Å². The van der Waals surface area contributed by atoms with Crippen molar-refractivity contribution in [2.75, 3.05) is 0 Å². The second-order valence-corrected chi connectivity index (χ2v) is 12.6. The Bertz CT molecular complexity index is 2390. The average molecular weight is 599 g/mol. The Morgan fingerprint density at radius 1 is 0.587 bits per heavy atom. The minimum atomic E-state index is 0.418. The molecule has 0 aliphatic carbocycles. The van der Waals surface area contributed by atoms with Crippen LogP contribution in [-0.4, -0.2) is 9.97 Å². The van der Waals surface area contributed by atoms with Crippen LogP contribution in [0.2, 0.25) is 0 Å². The summed E-state index contributed by atoms with van der Waals surface area (Å²) in [5.74, 6) is 2.34. The van der Waals surface area contributed by atoms with Crippen molar-refractivity contribution in [3.8, 4) is 33.9 Å². The first kappa shape index (κ1) is 28.0. The van der Waals surface area contributed by atoms with Crippen LogP contribution in [0.25, 0.3) is 66.0 Å². The van der Waals surface area contributed by atoms with Gasteiger partial charge in [-0.15, -0.1) is 0 Å². The molecular formula is C42H34N2O2. The summed E-state index contributed by atoms with van der Waals surface area (Å²) < 4.78 is 12.8. The minimum Gasteiger partial charge on any atom is -0.457 e. The Labute approximate surface area is 268 Å². The first-order valence-corrected chi connectivity index (χ1v) is 15.9. The van der Waals surface area contributed by atoms with E-state index in [2.05, 4.69) is 100 Å². The summed E-state index contributed by atoms with van der Waals surface area (Å²) in [6.07, 6.45) is 3.84. The predicted molar refractivity (Wildman–Crippen MR) is 190 cm³/mol. The van der Waals surface area contributed by atoms with Crippen LogP contribution in [0, 0.1) is 0 Å². The molecule has 0 spiro atoms. The maximum absolute atomic E-state index is 6.47. The maximum Gasteiger partial charge on any atom is 0.146 e. The first-order chi connectivity index (χ1) is 22.4. The maximum atomic E-state index is 6.47. The van der Waals surface area contributed by atoms with E-state index >= 15 is 0 Å². The Kier molecular flexibility index (Phi) is 6.79. The summed E-state index contributed by atoms with van der Waals surface area (Å²) in [6, 6.07) is 37.7. The van der Waals surface area contributed by atoms with Crippen LogP contribution in [0.5, 0.6) is 11.5 Å². The second-order valence-electron chi connectivity index (χ2n) is 12.6. The van der Waals surface area contributed by atoms with Crippen molar-refractivity contribution in [1.82, 2.24) is 9.97 Å². The molecule has 3 aromatic heterocycles. The lowest BCUT2D eigenvalue weighted by molar-refractivity contribution is 0.483. The third-order valence-electron chi connectivity index (χ3n) is 8.95. The lowest BCUT2D eigenvalue weighted by Crippen LogP contribution is -2.00. The van der Waals surface area contributed by atoms with Gasteiger partial charge in [0, 0.05) is 39.5 Å². The number of para-hydroxylation sites is 1. The number of pyridine rings is 2. The molecule has 5 aromatic carbocycles. The van der Waals surface area contributed by atoms with Gasteiger partial charge in [0.25, 0.3) is 0 Å². The Balaban J connectivity index is 1.16. The van der Waals surface area contributed by atoms with Crippen molar-refractivity contribution >= 4 is 43.6 Å². The van der Waals surface area contributed by atoms with Crippen LogP contribution in [0.15, 0.2) is 126 Å². The third-order valence-corrected chi connectivity index (χ3v) is 8.95. The SMILES string of the molecule is CC(C)c1cccc(C(C)C)c1-c1ccnc(-c2cccc(Oc3ccc4ccc5c(ncc6c7ccccc7oc65)c4c3)c2)c1. The molecule has 8 rings (SSSR count). The molecule has 0 atom stereocenters. The van der Waals surface area contributed by atoms with Gasteiger partial charge in [0.1, 0.15) is 22.7 Å². The first-order valence-electron chi connectivity index (χ1n) is 15.9. The molecule has 0 saturated carbocycles. The smallest absolute Gasteiger partial charge is 0.146 e. The molecular weight excluding hydrogens is 564 g/mol. The van der Waals surface area contributed by atoms with E-state index in [-0.39, 0.29) is 0 Å². The van der Waals surface area contributed by atoms with Crippen molar-refractivity contribution in [3.05, 3.63) is 133 Å². The summed E-state index contributed by atoms with van der Waals surface area (Å²) in [5, 5.41) is 5.21. The number of rotatable bonds is 6. The lowest BCUT2D eigenvalue weighted by atomic mass is 9.85. The Morgan fingerprint density at radius 2 is 1.35 bits per heavy atom. The topological polar surface area (TPSA) is 48.2 Å². The molecule has 0 fully saturated rings. The number of hydrogen-bond donors (Lipinski definition) is 0. The van der Waals surface area contributed by atoms with Crippen molar-refractivity contribution in [3.63, 3.8) is 0 Å². The third kappa shape index (κ3) is 4.78. The zero-order valence-electron chi connectivity index (χ0n) is 26.4. The van der Waals surface area contributed by atoms with Gasteiger partial charge in [-0.05, 0) is 88.0 Å². The van der Waals surface area contributed by atoms with Gasteiger partial charge in [-0.3, -0.25) is 9.97 Å². The van der Waals surface area contributed by atoms with Gasteiger partial charge in [-0.1, -0.05) is 88.4 Å². The molecule has 3 heterocycles. The lowest BCUT2D eigenvalue weighted by Gasteiger charge is -2.20. The highest BCUT2D eigenvalue weighted by atomic mass is 16.5. The summed E-state index contributed by atoms with van der Waals surface area (Å²) in [7, 11) is 0. The van der Waals surface area contributed by atoms with E-state index in [0.717, 1.165) is 66.4 Å². The van der Waals surface area contributed by atoms with Gasteiger partial charge < -0.3 is 9.15 Å². The zero-order valence-corrected chi connectivity index (χ0v) is 26.4.